The summed E-state index contributed by atoms with van der Waals surface area (Å²) in [4.78, 5) is 13.8. The average molecular weight is 349 g/mol. The summed E-state index contributed by atoms with van der Waals surface area (Å²) in [5.41, 5.74) is -0.583. The van der Waals surface area contributed by atoms with Gasteiger partial charge in [0.25, 0.3) is 5.91 Å². The third-order valence-corrected chi connectivity index (χ3v) is 4.98. The molecule has 0 radical (unpaired) electrons. The second kappa shape index (κ2) is 6.51. The number of likely N-dealkylation sites (tertiary alicyclic amines) is 1. The van der Waals surface area contributed by atoms with Gasteiger partial charge in [0.05, 0.1) is 11.3 Å². The maximum absolute atomic E-state index is 12.5. The van der Waals surface area contributed by atoms with E-state index >= 15 is 0 Å². The Balaban J connectivity index is 1.97. The van der Waals surface area contributed by atoms with Crippen LogP contribution in [0.3, 0.4) is 0 Å². The van der Waals surface area contributed by atoms with Gasteiger partial charge in [0, 0.05) is 24.9 Å². The zero-order chi connectivity index (χ0) is 17.3. The highest BCUT2D eigenvalue weighted by atomic mass is 32.2. The predicted molar refractivity (Wildman–Crippen MR) is 79.8 cm³/mol. The fourth-order valence-corrected chi connectivity index (χ4v) is 3.90. The summed E-state index contributed by atoms with van der Waals surface area (Å²) in [7, 11) is -3.04. The Bertz CT molecular complexity index is 660. The Labute approximate surface area is 133 Å². The maximum atomic E-state index is 12.5. The molecule has 1 amide bonds. The van der Waals surface area contributed by atoms with Gasteiger partial charge in [0.1, 0.15) is 9.84 Å². The number of hydrogen-bond acceptors (Lipinski definition) is 3. The van der Waals surface area contributed by atoms with Crippen LogP contribution in [0.5, 0.6) is 0 Å². The van der Waals surface area contributed by atoms with Crippen LogP contribution in [-0.4, -0.2) is 44.3 Å². The molecule has 8 heteroatoms. The molecule has 0 bridgehead atoms. The highest BCUT2D eigenvalue weighted by molar-refractivity contribution is 7.90. The first-order valence-electron chi connectivity index (χ1n) is 7.20. The smallest absolute Gasteiger partial charge is 0.339 e. The molecule has 4 nitrogen and oxygen atoms in total. The highest BCUT2D eigenvalue weighted by Crippen LogP contribution is 2.29. The van der Waals surface area contributed by atoms with Crippen LogP contribution in [0, 0.1) is 5.92 Å². The van der Waals surface area contributed by atoms with Crippen LogP contribution >= 0.6 is 0 Å². The van der Waals surface area contributed by atoms with Gasteiger partial charge in [-0.25, -0.2) is 8.42 Å². The van der Waals surface area contributed by atoms with Crippen molar-refractivity contribution >= 4 is 15.7 Å². The summed E-state index contributed by atoms with van der Waals surface area (Å²) in [5, 5.41) is 0. The first-order chi connectivity index (χ1) is 10.6. The Kier molecular flexibility index (Phi) is 5.03. The van der Waals surface area contributed by atoms with Crippen LogP contribution < -0.4 is 0 Å². The number of halogens is 3. The molecule has 1 aromatic carbocycles. The maximum Gasteiger partial charge on any atom is 0.416 e. The molecule has 0 N–H and O–H groups in total. The summed E-state index contributed by atoms with van der Waals surface area (Å²) >= 11 is 0. The number of nitrogens with zero attached hydrogens (tertiary/aromatic N) is 1. The third kappa shape index (κ3) is 4.95. The molecule has 0 saturated carbocycles. The molecule has 2 rings (SSSR count). The van der Waals surface area contributed by atoms with Crippen molar-refractivity contribution in [1.29, 1.82) is 0 Å². The molecule has 0 aromatic heterocycles. The number of rotatable bonds is 3. The molecule has 23 heavy (non-hydrogen) atoms. The van der Waals surface area contributed by atoms with Gasteiger partial charge in [-0.05, 0) is 43.0 Å². The summed E-state index contributed by atoms with van der Waals surface area (Å²) < 4.78 is 60.1. The van der Waals surface area contributed by atoms with E-state index in [1.165, 1.54) is 18.4 Å². The number of carbonyl (C=O) groups excluding carboxylic acids is 1. The topological polar surface area (TPSA) is 54.5 Å². The van der Waals surface area contributed by atoms with E-state index < -0.39 is 21.6 Å². The molecule has 1 fully saturated rings. The Morgan fingerprint density at radius 2 is 1.70 bits per heavy atom. The molecule has 1 aliphatic rings. The van der Waals surface area contributed by atoms with E-state index in [4.69, 9.17) is 0 Å². The number of benzene rings is 1. The molecule has 0 atom stereocenters. The lowest BCUT2D eigenvalue weighted by molar-refractivity contribution is -0.137. The van der Waals surface area contributed by atoms with E-state index in [1.807, 2.05) is 0 Å². The lowest BCUT2D eigenvalue weighted by Crippen LogP contribution is -2.39. The normalized spacial score (nSPS) is 17.3. The molecule has 1 aliphatic heterocycles. The van der Waals surface area contributed by atoms with Crippen LogP contribution in [0.25, 0.3) is 0 Å². The van der Waals surface area contributed by atoms with Gasteiger partial charge in [-0.15, -0.1) is 0 Å². The van der Waals surface area contributed by atoms with Gasteiger partial charge in [-0.2, -0.15) is 13.2 Å². The predicted octanol–water partition coefficient (Wildman–Crippen LogP) is 2.60. The molecule has 1 saturated heterocycles. The first kappa shape index (κ1) is 17.8. The second-order valence-corrected chi connectivity index (χ2v) is 8.09. The fraction of sp³-hybridized carbons (Fsp3) is 0.533. The molecule has 0 unspecified atom stereocenters. The van der Waals surface area contributed by atoms with Crippen LogP contribution in [0.15, 0.2) is 24.3 Å². The van der Waals surface area contributed by atoms with Gasteiger partial charge < -0.3 is 4.90 Å². The van der Waals surface area contributed by atoms with Crippen molar-refractivity contribution in [3.05, 3.63) is 35.4 Å². The first-order valence-corrected chi connectivity index (χ1v) is 9.26. The Hall–Kier alpha value is -1.57. The molecule has 1 heterocycles. The van der Waals surface area contributed by atoms with Crippen molar-refractivity contribution in [1.82, 2.24) is 4.90 Å². The van der Waals surface area contributed by atoms with E-state index in [1.54, 1.807) is 4.90 Å². The summed E-state index contributed by atoms with van der Waals surface area (Å²) in [6.07, 6.45) is -2.07. The Morgan fingerprint density at radius 3 is 2.13 bits per heavy atom. The number of carbonyl (C=O) groups is 1. The lowest BCUT2D eigenvalue weighted by atomic mass is 9.98. The zero-order valence-electron chi connectivity index (χ0n) is 12.6. The lowest BCUT2D eigenvalue weighted by Gasteiger charge is -2.31. The van der Waals surface area contributed by atoms with Crippen molar-refractivity contribution in [2.45, 2.75) is 19.0 Å². The van der Waals surface area contributed by atoms with E-state index in [9.17, 15) is 26.4 Å². The molecular weight excluding hydrogens is 331 g/mol. The average Bonchev–Trinajstić information content (AvgIpc) is 2.45. The van der Waals surface area contributed by atoms with Gasteiger partial charge >= 0.3 is 6.18 Å². The summed E-state index contributed by atoms with van der Waals surface area (Å²) in [6.45, 7) is 0.833. The second-order valence-electron chi connectivity index (χ2n) is 5.90. The van der Waals surface area contributed by atoms with Gasteiger partial charge in [0.15, 0.2) is 0 Å². The quantitative estimate of drug-likeness (QED) is 0.843. The van der Waals surface area contributed by atoms with E-state index in [0.29, 0.717) is 25.9 Å². The monoisotopic (exact) mass is 349 g/mol. The van der Waals surface area contributed by atoms with Crippen molar-refractivity contribution < 1.29 is 26.4 Å². The molecule has 0 spiro atoms. The molecule has 128 valence electrons. The minimum Gasteiger partial charge on any atom is -0.339 e. The van der Waals surface area contributed by atoms with Crippen molar-refractivity contribution in [2.24, 2.45) is 5.92 Å². The number of piperidine rings is 1. The van der Waals surface area contributed by atoms with Crippen LogP contribution in [-0.2, 0) is 16.0 Å². The minimum atomic E-state index is -4.43. The minimum absolute atomic E-state index is 0.0293. The van der Waals surface area contributed by atoms with Crippen LogP contribution in [0.2, 0.25) is 0 Å². The van der Waals surface area contributed by atoms with Crippen molar-refractivity contribution in [3.63, 3.8) is 0 Å². The standard InChI is InChI=1S/C15H18F3NO3S/c1-23(21,22)10-11-6-8-19(9-7-11)14(20)12-2-4-13(5-3-12)15(16,17)18/h2-5,11H,6-10H2,1H3. The van der Waals surface area contributed by atoms with E-state index in [0.717, 1.165) is 12.1 Å². The van der Waals surface area contributed by atoms with E-state index in [2.05, 4.69) is 0 Å². The van der Waals surface area contributed by atoms with Crippen LogP contribution in [0.1, 0.15) is 28.8 Å². The number of hydrogen-bond donors (Lipinski definition) is 0. The SMILES string of the molecule is CS(=O)(=O)CC1CCN(C(=O)c2ccc(C(F)(F)F)cc2)CC1. The number of alkyl halides is 3. The zero-order valence-corrected chi connectivity index (χ0v) is 13.5. The van der Waals surface area contributed by atoms with Crippen molar-refractivity contribution in [3.8, 4) is 0 Å². The van der Waals surface area contributed by atoms with Gasteiger partial charge in [-0.3, -0.25) is 4.79 Å². The molecular formula is C15H18F3NO3S. The molecule has 0 aliphatic carbocycles. The van der Waals surface area contributed by atoms with Crippen LogP contribution in [0.4, 0.5) is 13.2 Å². The van der Waals surface area contributed by atoms with Gasteiger partial charge in [0.2, 0.25) is 0 Å². The number of amides is 1. The molecule has 1 aromatic rings. The Morgan fingerprint density at radius 1 is 1.17 bits per heavy atom. The van der Waals surface area contributed by atoms with Crippen molar-refractivity contribution in [2.75, 3.05) is 25.1 Å². The summed E-state index contributed by atoms with van der Waals surface area (Å²) in [6, 6.07) is 4.13. The highest BCUT2D eigenvalue weighted by Gasteiger charge is 2.31. The van der Waals surface area contributed by atoms with Gasteiger partial charge in [-0.1, -0.05) is 0 Å². The fourth-order valence-electron chi connectivity index (χ4n) is 2.72. The number of sulfone groups is 1. The van der Waals surface area contributed by atoms with E-state index in [-0.39, 0.29) is 23.1 Å². The third-order valence-electron chi connectivity index (χ3n) is 3.90. The largest absolute Gasteiger partial charge is 0.416 e. The summed E-state index contributed by atoms with van der Waals surface area (Å²) in [5.74, 6) is -0.187.